The molecular weight excluding hydrogens is 186 g/mol. The van der Waals surface area contributed by atoms with Crippen LogP contribution in [0.1, 0.15) is 39.0 Å². The third-order valence-electron chi connectivity index (χ3n) is 3.84. The Kier molecular flexibility index (Phi) is 3.61. The molecule has 0 aromatic rings. The fourth-order valence-corrected chi connectivity index (χ4v) is 3.07. The Morgan fingerprint density at radius 1 is 1.47 bits per heavy atom. The van der Waals surface area contributed by atoms with Crippen LogP contribution < -0.4 is 5.32 Å². The van der Waals surface area contributed by atoms with Crippen LogP contribution in [0.15, 0.2) is 0 Å². The molecule has 2 heterocycles. The first-order chi connectivity index (χ1) is 7.36. The molecule has 3 unspecified atom stereocenters. The molecule has 0 amide bonds. The van der Waals surface area contributed by atoms with Gasteiger partial charge in [-0.1, -0.05) is 6.92 Å². The van der Waals surface area contributed by atoms with Crippen LogP contribution in [-0.4, -0.2) is 36.1 Å². The van der Waals surface area contributed by atoms with Gasteiger partial charge in [0.1, 0.15) is 0 Å². The highest BCUT2D eigenvalue weighted by Crippen LogP contribution is 2.27. The maximum Gasteiger partial charge on any atom is 0.0978 e. The standard InChI is InChI=1S/C12H21N3/c1-2-10(9-13)15-8-4-6-12(15)11-5-3-7-14-11/h10-12,14H,2-8H2,1H3. The average molecular weight is 207 g/mol. The SMILES string of the molecule is CCC(C#N)N1CCCC1C1CCCN1. The summed E-state index contributed by atoms with van der Waals surface area (Å²) in [6.45, 7) is 4.40. The van der Waals surface area contributed by atoms with E-state index in [-0.39, 0.29) is 6.04 Å². The molecule has 0 aliphatic carbocycles. The topological polar surface area (TPSA) is 39.1 Å². The van der Waals surface area contributed by atoms with Crippen molar-refractivity contribution in [2.45, 2.75) is 57.2 Å². The average Bonchev–Trinajstić information content (AvgIpc) is 2.88. The molecule has 0 saturated carbocycles. The largest absolute Gasteiger partial charge is 0.312 e. The summed E-state index contributed by atoms with van der Waals surface area (Å²) in [5, 5.41) is 12.7. The molecule has 0 aromatic carbocycles. The van der Waals surface area contributed by atoms with Gasteiger partial charge in [-0.3, -0.25) is 4.90 Å². The first-order valence-corrected chi connectivity index (χ1v) is 6.25. The number of nitriles is 1. The van der Waals surface area contributed by atoms with E-state index in [9.17, 15) is 0 Å². The zero-order valence-electron chi connectivity index (χ0n) is 9.58. The van der Waals surface area contributed by atoms with Gasteiger partial charge in [0.05, 0.1) is 12.1 Å². The fraction of sp³-hybridized carbons (Fsp3) is 0.917. The highest BCUT2D eigenvalue weighted by Gasteiger charge is 2.36. The van der Waals surface area contributed by atoms with Crippen molar-refractivity contribution in [2.75, 3.05) is 13.1 Å². The van der Waals surface area contributed by atoms with Crippen molar-refractivity contribution in [1.82, 2.24) is 10.2 Å². The Morgan fingerprint density at radius 3 is 2.93 bits per heavy atom. The molecule has 0 spiro atoms. The van der Waals surface area contributed by atoms with Crippen molar-refractivity contribution in [1.29, 1.82) is 5.26 Å². The highest BCUT2D eigenvalue weighted by atomic mass is 15.2. The summed E-state index contributed by atoms with van der Waals surface area (Å²) in [6, 6.07) is 3.85. The Bertz CT molecular complexity index is 240. The molecule has 2 aliphatic rings. The molecule has 3 atom stereocenters. The molecule has 0 aromatic heterocycles. The Morgan fingerprint density at radius 2 is 2.33 bits per heavy atom. The van der Waals surface area contributed by atoms with E-state index in [1.807, 2.05) is 0 Å². The predicted octanol–water partition coefficient (Wildman–Crippen LogP) is 1.50. The van der Waals surface area contributed by atoms with Gasteiger partial charge in [-0.05, 0) is 45.2 Å². The second-order valence-corrected chi connectivity index (χ2v) is 4.70. The summed E-state index contributed by atoms with van der Waals surface area (Å²) in [7, 11) is 0. The lowest BCUT2D eigenvalue weighted by atomic mass is 10.0. The Hall–Kier alpha value is -0.590. The maximum atomic E-state index is 9.13. The van der Waals surface area contributed by atoms with Crippen LogP contribution in [0.5, 0.6) is 0 Å². The molecular formula is C12H21N3. The molecule has 1 N–H and O–H groups in total. The normalized spacial score (nSPS) is 34.1. The van der Waals surface area contributed by atoms with Crippen LogP contribution in [-0.2, 0) is 0 Å². The van der Waals surface area contributed by atoms with Crippen molar-refractivity contribution in [3.63, 3.8) is 0 Å². The zero-order chi connectivity index (χ0) is 10.7. The van der Waals surface area contributed by atoms with Gasteiger partial charge < -0.3 is 5.32 Å². The van der Waals surface area contributed by atoms with Gasteiger partial charge >= 0.3 is 0 Å². The lowest BCUT2D eigenvalue weighted by Crippen LogP contribution is -2.47. The minimum Gasteiger partial charge on any atom is -0.312 e. The van der Waals surface area contributed by atoms with Gasteiger partial charge in [-0.15, -0.1) is 0 Å². The summed E-state index contributed by atoms with van der Waals surface area (Å²) in [6.07, 6.45) is 6.10. The summed E-state index contributed by atoms with van der Waals surface area (Å²) < 4.78 is 0. The van der Waals surface area contributed by atoms with Gasteiger partial charge in [-0.2, -0.15) is 5.26 Å². The van der Waals surface area contributed by atoms with Crippen LogP contribution >= 0.6 is 0 Å². The van der Waals surface area contributed by atoms with E-state index < -0.39 is 0 Å². The number of hydrogen-bond donors (Lipinski definition) is 1. The maximum absolute atomic E-state index is 9.13. The monoisotopic (exact) mass is 207 g/mol. The molecule has 0 bridgehead atoms. The molecule has 2 aliphatic heterocycles. The third kappa shape index (κ3) is 2.16. The minimum absolute atomic E-state index is 0.139. The number of likely N-dealkylation sites (tertiary alicyclic amines) is 1. The molecule has 2 saturated heterocycles. The summed E-state index contributed by atoms with van der Waals surface area (Å²) >= 11 is 0. The van der Waals surface area contributed by atoms with Crippen LogP contribution in [0.2, 0.25) is 0 Å². The molecule has 0 radical (unpaired) electrons. The van der Waals surface area contributed by atoms with Crippen molar-refractivity contribution < 1.29 is 0 Å². The molecule has 2 fully saturated rings. The Labute approximate surface area is 92.4 Å². The van der Waals surface area contributed by atoms with Gasteiger partial charge in [0, 0.05) is 12.1 Å². The van der Waals surface area contributed by atoms with E-state index in [0.717, 1.165) is 13.0 Å². The van der Waals surface area contributed by atoms with Crippen molar-refractivity contribution in [2.24, 2.45) is 0 Å². The molecule has 84 valence electrons. The van der Waals surface area contributed by atoms with Gasteiger partial charge in [0.2, 0.25) is 0 Å². The van der Waals surface area contributed by atoms with E-state index in [1.54, 1.807) is 0 Å². The summed E-state index contributed by atoms with van der Waals surface area (Å²) in [4.78, 5) is 2.43. The first kappa shape index (κ1) is 10.9. The molecule has 3 nitrogen and oxygen atoms in total. The number of rotatable bonds is 3. The second kappa shape index (κ2) is 4.96. The van der Waals surface area contributed by atoms with Crippen molar-refractivity contribution in [3.8, 4) is 6.07 Å². The van der Waals surface area contributed by atoms with Crippen LogP contribution in [0.3, 0.4) is 0 Å². The van der Waals surface area contributed by atoms with Crippen molar-refractivity contribution >= 4 is 0 Å². The molecule has 2 rings (SSSR count). The molecule has 15 heavy (non-hydrogen) atoms. The zero-order valence-corrected chi connectivity index (χ0v) is 9.58. The van der Waals surface area contributed by atoms with E-state index in [2.05, 4.69) is 23.2 Å². The van der Waals surface area contributed by atoms with Crippen LogP contribution in [0.4, 0.5) is 0 Å². The van der Waals surface area contributed by atoms with E-state index in [1.165, 1.54) is 32.2 Å². The summed E-state index contributed by atoms with van der Waals surface area (Å²) in [5.41, 5.74) is 0. The highest BCUT2D eigenvalue weighted by molar-refractivity contribution is 5.00. The van der Waals surface area contributed by atoms with E-state index >= 15 is 0 Å². The minimum atomic E-state index is 0.139. The Balaban J connectivity index is 2.00. The van der Waals surface area contributed by atoms with E-state index in [4.69, 9.17) is 5.26 Å². The van der Waals surface area contributed by atoms with Gasteiger partial charge in [-0.25, -0.2) is 0 Å². The third-order valence-corrected chi connectivity index (χ3v) is 3.84. The van der Waals surface area contributed by atoms with Gasteiger partial charge in [0.15, 0.2) is 0 Å². The lowest BCUT2D eigenvalue weighted by molar-refractivity contribution is 0.179. The van der Waals surface area contributed by atoms with Gasteiger partial charge in [0.25, 0.3) is 0 Å². The number of hydrogen-bond acceptors (Lipinski definition) is 3. The predicted molar refractivity (Wildman–Crippen MR) is 60.4 cm³/mol. The van der Waals surface area contributed by atoms with Crippen LogP contribution in [0, 0.1) is 11.3 Å². The molecule has 3 heteroatoms. The summed E-state index contributed by atoms with van der Waals surface area (Å²) in [5.74, 6) is 0. The van der Waals surface area contributed by atoms with E-state index in [0.29, 0.717) is 12.1 Å². The fourth-order valence-electron chi connectivity index (χ4n) is 3.07. The van der Waals surface area contributed by atoms with Crippen LogP contribution in [0.25, 0.3) is 0 Å². The number of nitrogens with zero attached hydrogens (tertiary/aromatic N) is 2. The second-order valence-electron chi connectivity index (χ2n) is 4.70. The quantitative estimate of drug-likeness (QED) is 0.762. The number of nitrogens with one attached hydrogen (secondary N) is 1. The van der Waals surface area contributed by atoms with Crippen molar-refractivity contribution in [3.05, 3.63) is 0 Å². The lowest BCUT2D eigenvalue weighted by Gasteiger charge is -2.32. The first-order valence-electron chi connectivity index (χ1n) is 6.25. The smallest absolute Gasteiger partial charge is 0.0978 e.